The number of phenols is 1. The summed E-state index contributed by atoms with van der Waals surface area (Å²) in [5, 5.41) is 47.7. The highest BCUT2D eigenvalue weighted by Crippen LogP contribution is 2.42. The summed E-state index contributed by atoms with van der Waals surface area (Å²) in [6, 6.07) is 45.7. The predicted octanol–water partition coefficient (Wildman–Crippen LogP) is 8.61. The lowest BCUT2D eigenvalue weighted by Gasteiger charge is -2.47. The third-order valence-corrected chi connectivity index (χ3v) is 16.7. The van der Waals surface area contributed by atoms with E-state index in [1.165, 1.54) is 17.7 Å². The summed E-state index contributed by atoms with van der Waals surface area (Å²) < 4.78 is 6.18. The van der Waals surface area contributed by atoms with Crippen LogP contribution in [0.1, 0.15) is 104 Å². The molecule has 0 radical (unpaired) electrons. The Hall–Kier alpha value is -7.62. The number of H-pyrrole nitrogens is 1. The molecule has 1 spiro atoms. The molecule has 0 aliphatic carbocycles. The second-order valence-corrected chi connectivity index (χ2v) is 21.6. The van der Waals surface area contributed by atoms with Crippen molar-refractivity contribution in [3.8, 4) is 11.5 Å². The number of hydrogen-bond acceptors (Lipinski definition) is 10. The summed E-state index contributed by atoms with van der Waals surface area (Å²) in [4.78, 5) is 61.2. The number of carboxylic acids is 1. The monoisotopic (exact) mass is 1050 g/mol. The van der Waals surface area contributed by atoms with Crippen LogP contribution in [0, 0.1) is 11.3 Å². The van der Waals surface area contributed by atoms with Gasteiger partial charge >= 0.3 is 5.97 Å². The quantitative estimate of drug-likeness (QED) is 0.0451. The number of pyridine rings is 1. The third kappa shape index (κ3) is 12.2. The highest BCUT2D eigenvalue weighted by atomic mass is 16.5. The van der Waals surface area contributed by atoms with Crippen LogP contribution in [-0.2, 0) is 36.4 Å². The zero-order valence-corrected chi connectivity index (χ0v) is 44.0. The molecule has 2 atom stereocenters. The molecule has 0 bridgehead atoms. The number of ether oxygens (including phenoxy) is 1. The van der Waals surface area contributed by atoms with Crippen molar-refractivity contribution < 1.29 is 39.5 Å². The summed E-state index contributed by atoms with van der Waals surface area (Å²) in [6.45, 7) is 6.56. The SMILES string of the molecule is O=C(c1ccc(CCNC[C@H](O)c2ccc(O)c3[nH]c(=O)ccc23)cc1)N1CCC2(CC1)CCN(C(=O)c1ccc(COc3cccc([C@@](O)(C(=O)O)c4ccccc4CC4CCN(Cc5ccccc5)CC4)c3)cc1)CC2. The number of aromatic amines is 1. The molecule has 78 heavy (non-hydrogen) atoms. The summed E-state index contributed by atoms with van der Waals surface area (Å²) in [5.41, 5.74) is 4.23. The Bertz CT molecular complexity index is 3270. The van der Waals surface area contributed by atoms with E-state index in [4.69, 9.17) is 4.74 Å². The molecule has 0 unspecified atom stereocenters. The molecule has 404 valence electrons. The Morgan fingerprint density at radius 1 is 0.705 bits per heavy atom. The maximum absolute atomic E-state index is 13.7. The number of phenolic OH excluding ortho intramolecular Hbond substituents is 1. The molecule has 3 aliphatic heterocycles. The van der Waals surface area contributed by atoms with Gasteiger partial charge in [-0.25, -0.2) is 4.79 Å². The van der Waals surface area contributed by atoms with Crippen LogP contribution < -0.4 is 15.6 Å². The number of aliphatic hydroxyl groups excluding tert-OH is 1. The minimum atomic E-state index is -2.29. The molecule has 3 aliphatic rings. The second-order valence-electron chi connectivity index (χ2n) is 21.6. The van der Waals surface area contributed by atoms with E-state index in [0.29, 0.717) is 90.4 Å². The molecule has 6 aromatic carbocycles. The van der Waals surface area contributed by atoms with Gasteiger partial charge in [0.1, 0.15) is 18.1 Å². The fourth-order valence-corrected chi connectivity index (χ4v) is 11.8. The minimum absolute atomic E-state index is 0.0152. The average molecular weight is 1050 g/mol. The summed E-state index contributed by atoms with van der Waals surface area (Å²) in [6.07, 6.45) is 6.07. The van der Waals surface area contributed by atoms with E-state index in [1.54, 1.807) is 48.5 Å². The molecule has 4 heterocycles. The van der Waals surface area contributed by atoms with Gasteiger partial charge in [-0.05, 0) is 159 Å². The van der Waals surface area contributed by atoms with Crippen LogP contribution in [0.15, 0.2) is 156 Å². The molecular weight excluding hydrogens is 983 g/mol. The Morgan fingerprint density at radius 3 is 1.99 bits per heavy atom. The van der Waals surface area contributed by atoms with E-state index < -0.39 is 17.7 Å². The molecule has 7 aromatic rings. The van der Waals surface area contributed by atoms with Gasteiger partial charge in [-0.2, -0.15) is 0 Å². The van der Waals surface area contributed by atoms with Crippen molar-refractivity contribution in [3.05, 3.63) is 212 Å². The number of likely N-dealkylation sites (tertiary alicyclic amines) is 3. The first-order valence-electron chi connectivity index (χ1n) is 27.4. The minimum Gasteiger partial charge on any atom is -0.506 e. The summed E-state index contributed by atoms with van der Waals surface area (Å²) >= 11 is 0. The second kappa shape index (κ2) is 24.0. The molecule has 14 nitrogen and oxygen atoms in total. The number of carboxylic acid groups (broad SMARTS) is 1. The van der Waals surface area contributed by atoms with Crippen molar-refractivity contribution in [2.75, 3.05) is 52.4 Å². The number of carbonyl (C=O) groups excluding carboxylic acids is 2. The number of carbonyl (C=O) groups is 3. The van der Waals surface area contributed by atoms with Crippen molar-refractivity contribution in [1.82, 2.24) is 25.0 Å². The maximum atomic E-state index is 13.7. The van der Waals surface area contributed by atoms with Crippen LogP contribution in [0.5, 0.6) is 11.5 Å². The van der Waals surface area contributed by atoms with Gasteiger partial charge in [0.05, 0.1) is 11.6 Å². The normalized spacial score (nSPS) is 17.2. The van der Waals surface area contributed by atoms with Gasteiger partial charge in [-0.3, -0.25) is 19.3 Å². The number of aromatic hydroxyl groups is 1. The lowest BCUT2D eigenvalue weighted by atomic mass is 9.71. The lowest BCUT2D eigenvalue weighted by molar-refractivity contribution is -0.155. The standard InChI is InChI=1S/C64H69N5O9/c70-56-23-21-53(54-22-24-58(72)66-59(54)56)57(71)41-65-32-25-44-13-17-48(18-14-44)60(73)68-35-28-63(29-36-68)30-37-69(38-31-63)61(74)49-19-15-47(16-20-49)43-78-52-11-6-10-51(40-52)64(77,62(75)76)55-12-5-4-9-50(55)39-45-26-33-67(34-27-45)42-46-7-2-1-3-8-46/h1-24,40,45,57,65,70-71,77H,25-39,41-43H2,(H,66,72)(H,75,76)/t57-,64-/m0/s1. The molecule has 14 heteroatoms. The van der Waals surface area contributed by atoms with Crippen molar-refractivity contribution in [2.45, 2.75) is 76.2 Å². The van der Waals surface area contributed by atoms with Crippen molar-refractivity contribution in [1.29, 1.82) is 0 Å². The Morgan fingerprint density at radius 2 is 1.33 bits per heavy atom. The number of rotatable bonds is 18. The largest absolute Gasteiger partial charge is 0.506 e. The molecule has 1 aromatic heterocycles. The third-order valence-electron chi connectivity index (χ3n) is 16.7. The fourth-order valence-electron chi connectivity index (χ4n) is 11.8. The van der Waals surface area contributed by atoms with Crippen LogP contribution in [0.3, 0.4) is 0 Å². The molecule has 10 rings (SSSR count). The van der Waals surface area contributed by atoms with Crippen LogP contribution in [0.2, 0.25) is 0 Å². The number of fused-ring (bicyclic) bond motifs is 1. The van der Waals surface area contributed by atoms with Gasteiger partial charge in [0.2, 0.25) is 11.2 Å². The van der Waals surface area contributed by atoms with Gasteiger partial charge < -0.3 is 45.3 Å². The van der Waals surface area contributed by atoms with Crippen LogP contribution in [0.25, 0.3) is 10.9 Å². The number of benzene rings is 6. The van der Waals surface area contributed by atoms with Gasteiger partial charge in [-0.1, -0.05) is 97.1 Å². The van der Waals surface area contributed by atoms with Crippen molar-refractivity contribution >= 4 is 28.7 Å². The van der Waals surface area contributed by atoms with Gasteiger partial charge in [-0.15, -0.1) is 0 Å². The number of aromatic nitrogens is 1. The van der Waals surface area contributed by atoms with E-state index in [0.717, 1.165) is 74.8 Å². The van der Waals surface area contributed by atoms with E-state index in [-0.39, 0.29) is 47.3 Å². The first-order chi connectivity index (χ1) is 37.8. The Balaban J connectivity index is 0.661. The zero-order chi connectivity index (χ0) is 54.2. The summed E-state index contributed by atoms with van der Waals surface area (Å²) in [7, 11) is 0. The number of aliphatic carboxylic acids is 1. The highest BCUT2D eigenvalue weighted by Gasteiger charge is 2.43. The number of nitrogens with zero attached hydrogens (tertiary/aromatic N) is 3. The lowest BCUT2D eigenvalue weighted by Crippen LogP contribution is -2.49. The van der Waals surface area contributed by atoms with Crippen LogP contribution >= 0.6 is 0 Å². The van der Waals surface area contributed by atoms with Crippen molar-refractivity contribution in [2.24, 2.45) is 11.3 Å². The molecule has 0 saturated carbocycles. The summed E-state index contributed by atoms with van der Waals surface area (Å²) in [5.74, 6) is -0.613. The molecule has 3 fully saturated rings. The molecule has 3 saturated heterocycles. The maximum Gasteiger partial charge on any atom is 0.345 e. The number of aliphatic hydroxyl groups is 2. The van der Waals surface area contributed by atoms with Crippen molar-refractivity contribution in [3.63, 3.8) is 0 Å². The topological polar surface area (TPSA) is 196 Å². The Kier molecular flexibility index (Phi) is 16.5. The molecular formula is C64H69N5O9. The fraction of sp³-hybridized carbons (Fsp3) is 0.344. The first-order valence-corrected chi connectivity index (χ1v) is 27.4. The number of piperidine rings is 3. The van der Waals surface area contributed by atoms with Gasteiger partial charge in [0.25, 0.3) is 11.8 Å². The van der Waals surface area contributed by atoms with E-state index >= 15 is 0 Å². The average Bonchev–Trinajstić information content (AvgIpc) is 3.55. The van der Waals surface area contributed by atoms with Crippen LogP contribution in [0.4, 0.5) is 0 Å². The van der Waals surface area contributed by atoms with Crippen LogP contribution in [-0.4, -0.2) is 110 Å². The number of amides is 2. The predicted molar refractivity (Wildman–Crippen MR) is 299 cm³/mol. The van der Waals surface area contributed by atoms with E-state index in [1.807, 2.05) is 76.5 Å². The Labute approximate surface area is 454 Å². The first kappa shape index (κ1) is 53.8. The molecule has 2 amide bonds. The van der Waals surface area contributed by atoms with E-state index in [9.17, 15) is 39.6 Å². The number of nitrogens with one attached hydrogen (secondary N) is 2. The van der Waals surface area contributed by atoms with E-state index in [2.05, 4.69) is 39.5 Å². The van der Waals surface area contributed by atoms with Gasteiger partial charge in [0, 0.05) is 73.0 Å². The molecule has 6 N–H and O–H groups in total. The smallest absolute Gasteiger partial charge is 0.345 e. The number of hydrogen-bond donors (Lipinski definition) is 6. The zero-order valence-electron chi connectivity index (χ0n) is 44.0. The highest BCUT2D eigenvalue weighted by molar-refractivity contribution is 5.95. The van der Waals surface area contributed by atoms with Gasteiger partial charge in [0.15, 0.2) is 0 Å².